The Balaban J connectivity index is 1.84. The lowest BCUT2D eigenvalue weighted by Crippen LogP contribution is -2.54. The van der Waals surface area contributed by atoms with E-state index in [1.54, 1.807) is 6.92 Å². The second-order valence-corrected chi connectivity index (χ2v) is 5.27. The summed E-state index contributed by atoms with van der Waals surface area (Å²) in [5.74, 6) is -0.987. The van der Waals surface area contributed by atoms with Crippen LogP contribution >= 0.6 is 0 Å². The highest BCUT2D eigenvalue weighted by Crippen LogP contribution is 2.25. The van der Waals surface area contributed by atoms with Crippen molar-refractivity contribution in [1.29, 1.82) is 0 Å². The molecule has 0 aliphatic heterocycles. The van der Waals surface area contributed by atoms with Gasteiger partial charge in [0.05, 0.1) is 17.8 Å². The van der Waals surface area contributed by atoms with Crippen LogP contribution in [-0.2, 0) is 4.79 Å². The van der Waals surface area contributed by atoms with Gasteiger partial charge in [0.15, 0.2) is 0 Å². The summed E-state index contributed by atoms with van der Waals surface area (Å²) < 4.78 is 0. The van der Waals surface area contributed by atoms with Crippen LogP contribution in [0.4, 0.5) is 0 Å². The first-order chi connectivity index (χ1) is 10.0. The number of rotatable bonds is 6. The molecule has 1 amide bonds. The molecule has 0 radical (unpaired) electrons. The van der Waals surface area contributed by atoms with Crippen LogP contribution in [0.15, 0.2) is 12.5 Å². The standard InChI is InChI=1S/C14H20N4O3/c1-3-18(7-13(19)20)11-4-10(5-11)17-14(21)12-6-15-8-16-9(12)2/h6,8,10-11H,3-5,7H2,1-2H3,(H,17,21)(H,19,20). The molecule has 7 heteroatoms. The molecule has 0 spiro atoms. The maximum atomic E-state index is 12.1. The van der Waals surface area contributed by atoms with Crippen molar-refractivity contribution in [1.82, 2.24) is 20.2 Å². The summed E-state index contributed by atoms with van der Waals surface area (Å²) in [6, 6.07) is 0.314. The van der Waals surface area contributed by atoms with Crippen molar-refractivity contribution in [2.45, 2.75) is 38.8 Å². The predicted molar refractivity (Wildman–Crippen MR) is 75.9 cm³/mol. The van der Waals surface area contributed by atoms with E-state index >= 15 is 0 Å². The minimum atomic E-state index is -0.818. The van der Waals surface area contributed by atoms with Gasteiger partial charge >= 0.3 is 5.97 Å². The van der Waals surface area contributed by atoms with E-state index < -0.39 is 5.97 Å². The molecule has 0 unspecified atom stereocenters. The zero-order valence-corrected chi connectivity index (χ0v) is 12.2. The maximum absolute atomic E-state index is 12.1. The number of hydrogen-bond acceptors (Lipinski definition) is 5. The fourth-order valence-corrected chi connectivity index (χ4v) is 2.55. The molecule has 0 atom stereocenters. The highest BCUT2D eigenvalue weighted by Gasteiger charge is 2.34. The van der Waals surface area contributed by atoms with Gasteiger partial charge in [-0.25, -0.2) is 9.97 Å². The number of carboxylic acids is 1. The zero-order chi connectivity index (χ0) is 15.4. The summed E-state index contributed by atoms with van der Waals surface area (Å²) >= 11 is 0. The highest BCUT2D eigenvalue weighted by atomic mass is 16.4. The molecule has 0 aromatic carbocycles. The van der Waals surface area contributed by atoms with E-state index in [-0.39, 0.29) is 24.5 Å². The number of carbonyl (C=O) groups excluding carboxylic acids is 1. The van der Waals surface area contributed by atoms with Gasteiger partial charge in [-0.15, -0.1) is 0 Å². The lowest BCUT2D eigenvalue weighted by atomic mass is 9.85. The predicted octanol–water partition coefficient (Wildman–Crippen LogP) is 0.452. The van der Waals surface area contributed by atoms with Gasteiger partial charge in [-0.1, -0.05) is 6.92 Å². The van der Waals surface area contributed by atoms with Crippen LogP contribution in [0.3, 0.4) is 0 Å². The first kappa shape index (κ1) is 15.4. The molecular formula is C14H20N4O3. The lowest BCUT2D eigenvalue weighted by Gasteiger charge is -2.42. The first-order valence-corrected chi connectivity index (χ1v) is 7.04. The monoisotopic (exact) mass is 292 g/mol. The maximum Gasteiger partial charge on any atom is 0.317 e. The Morgan fingerprint density at radius 3 is 2.76 bits per heavy atom. The highest BCUT2D eigenvalue weighted by molar-refractivity contribution is 5.95. The van der Waals surface area contributed by atoms with Crippen molar-refractivity contribution in [3.05, 3.63) is 23.8 Å². The van der Waals surface area contributed by atoms with Gasteiger partial charge in [-0.2, -0.15) is 0 Å². The third kappa shape index (κ3) is 3.75. The Bertz CT molecular complexity index is 529. The number of carbonyl (C=O) groups is 2. The molecule has 21 heavy (non-hydrogen) atoms. The van der Waals surface area contributed by atoms with Crippen molar-refractivity contribution in [3.8, 4) is 0 Å². The van der Waals surface area contributed by atoms with Gasteiger partial charge in [0.25, 0.3) is 5.91 Å². The molecule has 1 aliphatic carbocycles. The molecule has 1 aromatic rings. The average molecular weight is 292 g/mol. The second kappa shape index (κ2) is 6.62. The van der Waals surface area contributed by atoms with Crippen LogP contribution in [0, 0.1) is 6.92 Å². The van der Waals surface area contributed by atoms with E-state index in [0.29, 0.717) is 17.8 Å². The quantitative estimate of drug-likeness (QED) is 0.790. The van der Waals surface area contributed by atoms with Crippen LogP contribution in [0.1, 0.15) is 35.8 Å². The van der Waals surface area contributed by atoms with Gasteiger partial charge in [0, 0.05) is 18.3 Å². The molecule has 1 saturated carbocycles. The minimum absolute atomic E-state index is 0.0491. The summed E-state index contributed by atoms with van der Waals surface area (Å²) in [6.45, 7) is 4.46. The first-order valence-electron chi connectivity index (χ1n) is 7.04. The number of nitrogens with zero attached hydrogens (tertiary/aromatic N) is 3. The Kier molecular flexibility index (Phi) is 4.85. The van der Waals surface area contributed by atoms with Gasteiger partial charge in [-0.3, -0.25) is 14.5 Å². The number of carboxylic acid groups (broad SMARTS) is 1. The Morgan fingerprint density at radius 2 is 2.19 bits per heavy atom. The van der Waals surface area contributed by atoms with Gasteiger partial charge in [0.1, 0.15) is 6.33 Å². The zero-order valence-electron chi connectivity index (χ0n) is 12.2. The molecule has 0 bridgehead atoms. The summed E-state index contributed by atoms with van der Waals surface area (Å²) in [5, 5.41) is 11.8. The lowest BCUT2D eigenvalue weighted by molar-refractivity contribution is -0.139. The summed E-state index contributed by atoms with van der Waals surface area (Å²) in [6.07, 6.45) is 4.48. The summed E-state index contributed by atoms with van der Waals surface area (Å²) in [4.78, 5) is 32.6. The third-order valence-corrected chi connectivity index (χ3v) is 3.87. The molecular weight excluding hydrogens is 272 g/mol. The van der Waals surface area contributed by atoms with Gasteiger partial charge < -0.3 is 10.4 Å². The smallest absolute Gasteiger partial charge is 0.317 e. The molecule has 114 valence electrons. The minimum Gasteiger partial charge on any atom is -0.480 e. The fraction of sp³-hybridized carbons (Fsp3) is 0.571. The third-order valence-electron chi connectivity index (χ3n) is 3.87. The molecule has 0 saturated heterocycles. The number of aryl methyl sites for hydroxylation is 1. The number of hydrogen-bond donors (Lipinski definition) is 2. The van der Waals surface area contributed by atoms with Crippen LogP contribution in [0.5, 0.6) is 0 Å². The SMILES string of the molecule is CCN(CC(=O)O)C1CC(NC(=O)c2cncnc2C)C1. The van der Waals surface area contributed by atoms with E-state index in [9.17, 15) is 9.59 Å². The van der Waals surface area contributed by atoms with Crippen molar-refractivity contribution in [2.75, 3.05) is 13.1 Å². The number of nitrogens with one attached hydrogen (secondary N) is 1. The number of amides is 1. The van der Waals surface area contributed by atoms with Crippen molar-refractivity contribution < 1.29 is 14.7 Å². The van der Waals surface area contributed by atoms with E-state index in [4.69, 9.17) is 5.11 Å². The Labute approximate surface area is 123 Å². The fourth-order valence-electron chi connectivity index (χ4n) is 2.55. The largest absolute Gasteiger partial charge is 0.480 e. The van der Waals surface area contributed by atoms with E-state index in [1.807, 2.05) is 11.8 Å². The average Bonchev–Trinajstić information content (AvgIpc) is 2.40. The number of likely N-dealkylation sites (N-methyl/N-ethyl adjacent to an activating group) is 1. The van der Waals surface area contributed by atoms with E-state index in [2.05, 4.69) is 15.3 Å². The molecule has 2 N–H and O–H groups in total. The molecule has 7 nitrogen and oxygen atoms in total. The molecule has 2 rings (SSSR count). The van der Waals surface area contributed by atoms with Crippen LogP contribution < -0.4 is 5.32 Å². The van der Waals surface area contributed by atoms with Crippen LogP contribution in [0.25, 0.3) is 0 Å². The topological polar surface area (TPSA) is 95.4 Å². The van der Waals surface area contributed by atoms with Crippen molar-refractivity contribution in [2.24, 2.45) is 0 Å². The van der Waals surface area contributed by atoms with E-state index in [1.165, 1.54) is 12.5 Å². The molecule has 1 fully saturated rings. The summed E-state index contributed by atoms with van der Waals surface area (Å²) in [5.41, 5.74) is 1.14. The normalized spacial score (nSPS) is 20.9. The number of aliphatic carboxylic acids is 1. The second-order valence-electron chi connectivity index (χ2n) is 5.27. The molecule has 1 heterocycles. The van der Waals surface area contributed by atoms with Crippen molar-refractivity contribution >= 4 is 11.9 Å². The van der Waals surface area contributed by atoms with Gasteiger partial charge in [0.2, 0.25) is 0 Å². The molecule has 1 aliphatic rings. The van der Waals surface area contributed by atoms with E-state index in [0.717, 1.165) is 12.8 Å². The number of aromatic nitrogens is 2. The Hall–Kier alpha value is -2.02. The van der Waals surface area contributed by atoms with Gasteiger partial charge in [-0.05, 0) is 26.3 Å². The van der Waals surface area contributed by atoms with Crippen LogP contribution in [-0.4, -0.2) is 57.0 Å². The summed E-state index contributed by atoms with van der Waals surface area (Å²) in [7, 11) is 0. The van der Waals surface area contributed by atoms with Crippen molar-refractivity contribution in [3.63, 3.8) is 0 Å². The van der Waals surface area contributed by atoms with Crippen LogP contribution in [0.2, 0.25) is 0 Å². The Morgan fingerprint density at radius 1 is 1.48 bits per heavy atom. The molecule has 1 aromatic heterocycles.